The number of nitro groups is 1. The summed E-state index contributed by atoms with van der Waals surface area (Å²) in [5.74, 6) is 0. The van der Waals surface area contributed by atoms with E-state index in [0.717, 1.165) is 6.07 Å². The molecule has 0 spiro atoms. The highest BCUT2D eigenvalue weighted by atomic mass is 35.5. The molecular weight excluding hydrogens is 280 g/mol. The van der Waals surface area contributed by atoms with Crippen LogP contribution in [0.4, 0.5) is 5.69 Å². The van der Waals surface area contributed by atoms with E-state index < -0.39 is 20.6 Å². The van der Waals surface area contributed by atoms with Crippen molar-refractivity contribution in [2.24, 2.45) is 0 Å². The molecule has 1 rings (SSSR count). The first kappa shape index (κ1) is 14.9. The summed E-state index contributed by atoms with van der Waals surface area (Å²) < 4.78 is 25.5. The number of hydrogen-bond acceptors (Lipinski definition) is 4. The van der Waals surface area contributed by atoms with Gasteiger partial charge in [0.05, 0.1) is 9.82 Å². The van der Waals surface area contributed by atoms with Crippen molar-refractivity contribution in [2.45, 2.75) is 18.7 Å². The van der Waals surface area contributed by atoms with Gasteiger partial charge in [0.15, 0.2) is 0 Å². The second kappa shape index (κ2) is 5.64. The molecule has 18 heavy (non-hydrogen) atoms. The Hall–Kier alpha value is -1.18. The van der Waals surface area contributed by atoms with Crippen LogP contribution in [0.25, 0.3) is 0 Å². The number of benzene rings is 1. The van der Waals surface area contributed by atoms with Crippen molar-refractivity contribution in [3.05, 3.63) is 33.3 Å². The Kier molecular flexibility index (Phi) is 4.66. The first-order valence-electron chi connectivity index (χ1n) is 5.28. The molecule has 0 aromatic heterocycles. The molecule has 0 aliphatic rings. The molecule has 0 fully saturated rings. The maximum atomic E-state index is 12.1. The van der Waals surface area contributed by atoms with E-state index >= 15 is 0 Å². The molecule has 0 aliphatic heterocycles. The third-order valence-electron chi connectivity index (χ3n) is 2.46. The lowest BCUT2D eigenvalue weighted by Gasteiger charge is -2.18. The highest BCUT2D eigenvalue weighted by Gasteiger charge is 2.25. The van der Waals surface area contributed by atoms with E-state index in [2.05, 4.69) is 0 Å². The smallest absolute Gasteiger partial charge is 0.258 e. The lowest BCUT2D eigenvalue weighted by Crippen LogP contribution is -2.30. The van der Waals surface area contributed by atoms with Gasteiger partial charge in [0.25, 0.3) is 5.69 Å². The summed E-state index contributed by atoms with van der Waals surface area (Å²) in [6.07, 6.45) is 0. The van der Waals surface area contributed by atoms with Gasteiger partial charge in [-0.05, 0) is 12.1 Å². The molecule has 0 saturated carbocycles. The predicted octanol–water partition coefficient (Wildman–Crippen LogP) is 2.28. The van der Waals surface area contributed by atoms with Crippen LogP contribution < -0.4 is 0 Å². The van der Waals surface area contributed by atoms with Crippen molar-refractivity contribution in [2.75, 3.05) is 13.1 Å². The third kappa shape index (κ3) is 2.80. The van der Waals surface area contributed by atoms with Crippen molar-refractivity contribution in [3.8, 4) is 0 Å². The minimum Gasteiger partial charge on any atom is -0.258 e. The van der Waals surface area contributed by atoms with E-state index in [0.29, 0.717) is 13.1 Å². The van der Waals surface area contributed by atoms with Crippen molar-refractivity contribution in [1.29, 1.82) is 0 Å². The molecule has 6 nitrogen and oxygen atoms in total. The number of hydrogen-bond donors (Lipinski definition) is 0. The van der Waals surface area contributed by atoms with Crippen LogP contribution in [0.5, 0.6) is 0 Å². The summed E-state index contributed by atoms with van der Waals surface area (Å²) in [5.41, 5.74) is -0.412. The maximum Gasteiger partial charge on any atom is 0.289 e. The monoisotopic (exact) mass is 292 g/mol. The highest BCUT2D eigenvalue weighted by molar-refractivity contribution is 7.89. The van der Waals surface area contributed by atoms with Gasteiger partial charge in [-0.25, -0.2) is 8.42 Å². The SMILES string of the molecule is CCN(CC)S(=O)(=O)c1ccc(Cl)c([N+](=O)[O-])c1. The first-order chi connectivity index (χ1) is 8.34. The van der Waals surface area contributed by atoms with Crippen LogP contribution >= 0.6 is 11.6 Å². The number of rotatable bonds is 5. The number of nitro benzene ring substituents is 1. The van der Waals surface area contributed by atoms with Gasteiger partial charge in [-0.2, -0.15) is 4.31 Å². The van der Waals surface area contributed by atoms with Crippen LogP contribution in [-0.4, -0.2) is 30.7 Å². The normalized spacial score (nSPS) is 11.8. The van der Waals surface area contributed by atoms with Gasteiger partial charge in [-0.15, -0.1) is 0 Å². The van der Waals surface area contributed by atoms with E-state index in [1.165, 1.54) is 16.4 Å². The summed E-state index contributed by atoms with van der Waals surface area (Å²) in [5, 5.41) is 10.6. The van der Waals surface area contributed by atoms with E-state index in [-0.39, 0.29) is 9.92 Å². The number of nitrogens with zero attached hydrogens (tertiary/aromatic N) is 2. The molecule has 0 amide bonds. The standard InChI is InChI=1S/C10H13ClN2O4S/c1-3-12(4-2)18(16,17)8-5-6-9(11)10(7-8)13(14)15/h5-7H,3-4H2,1-2H3. The first-order valence-corrected chi connectivity index (χ1v) is 7.10. The summed E-state index contributed by atoms with van der Waals surface area (Å²) >= 11 is 5.64. The minimum atomic E-state index is -3.70. The van der Waals surface area contributed by atoms with Crippen molar-refractivity contribution in [3.63, 3.8) is 0 Å². The van der Waals surface area contributed by atoms with Crippen molar-refractivity contribution >= 4 is 27.3 Å². The Balaban J connectivity index is 3.34. The van der Waals surface area contributed by atoms with Crippen LogP contribution in [0.2, 0.25) is 5.02 Å². The van der Waals surface area contributed by atoms with Gasteiger partial charge in [-0.3, -0.25) is 10.1 Å². The van der Waals surface area contributed by atoms with Gasteiger partial charge in [-0.1, -0.05) is 25.4 Å². The van der Waals surface area contributed by atoms with E-state index in [1.807, 2.05) is 0 Å². The van der Waals surface area contributed by atoms with Gasteiger partial charge in [0.2, 0.25) is 10.0 Å². The van der Waals surface area contributed by atoms with Crippen LogP contribution in [0.1, 0.15) is 13.8 Å². The molecule has 100 valence electrons. The van der Waals surface area contributed by atoms with Crippen LogP contribution in [0, 0.1) is 10.1 Å². The lowest BCUT2D eigenvalue weighted by molar-refractivity contribution is -0.384. The molecular formula is C10H13ClN2O4S. The Bertz CT molecular complexity index is 555. The average Bonchev–Trinajstić information content (AvgIpc) is 2.30. The van der Waals surface area contributed by atoms with Gasteiger partial charge in [0, 0.05) is 19.2 Å². The number of halogens is 1. The van der Waals surface area contributed by atoms with E-state index in [1.54, 1.807) is 13.8 Å². The largest absolute Gasteiger partial charge is 0.289 e. The fourth-order valence-electron chi connectivity index (χ4n) is 1.51. The topological polar surface area (TPSA) is 80.5 Å². The lowest BCUT2D eigenvalue weighted by atomic mass is 10.3. The molecule has 0 N–H and O–H groups in total. The highest BCUT2D eigenvalue weighted by Crippen LogP contribution is 2.28. The van der Waals surface area contributed by atoms with Gasteiger partial charge in [0.1, 0.15) is 5.02 Å². The fraction of sp³-hybridized carbons (Fsp3) is 0.400. The molecule has 0 saturated heterocycles. The Morgan fingerprint density at radius 2 is 1.89 bits per heavy atom. The molecule has 0 unspecified atom stereocenters. The molecule has 8 heteroatoms. The molecule has 1 aromatic carbocycles. The van der Waals surface area contributed by atoms with Gasteiger partial charge >= 0.3 is 0 Å². The third-order valence-corrected chi connectivity index (χ3v) is 4.82. The van der Waals surface area contributed by atoms with E-state index in [9.17, 15) is 18.5 Å². The zero-order chi connectivity index (χ0) is 13.9. The number of sulfonamides is 1. The van der Waals surface area contributed by atoms with Crippen LogP contribution in [-0.2, 0) is 10.0 Å². The Morgan fingerprint density at radius 1 is 1.33 bits per heavy atom. The maximum absolute atomic E-state index is 12.1. The zero-order valence-corrected chi connectivity index (χ0v) is 11.5. The summed E-state index contributed by atoms with van der Waals surface area (Å²) in [6.45, 7) is 4.00. The Labute approximate surface area is 110 Å². The van der Waals surface area contributed by atoms with Crippen molar-refractivity contribution in [1.82, 2.24) is 4.31 Å². The second-order valence-corrected chi connectivity index (χ2v) is 5.80. The van der Waals surface area contributed by atoms with Gasteiger partial charge < -0.3 is 0 Å². The Morgan fingerprint density at radius 3 is 2.33 bits per heavy atom. The molecule has 0 atom stereocenters. The molecule has 0 heterocycles. The van der Waals surface area contributed by atoms with E-state index in [4.69, 9.17) is 11.6 Å². The second-order valence-electron chi connectivity index (χ2n) is 3.46. The quantitative estimate of drug-likeness (QED) is 0.616. The van der Waals surface area contributed by atoms with Crippen molar-refractivity contribution < 1.29 is 13.3 Å². The molecule has 1 aromatic rings. The average molecular weight is 293 g/mol. The van der Waals surface area contributed by atoms with Crippen LogP contribution in [0.3, 0.4) is 0 Å². The molecule has 0 aliphatic carbocycles. The molecule has 0 radical (unpaired) electrons. The predicted molar refractivity (Wildman–Crippen MR) is 68.2 cm³/mol. The summed E-state index contributed by atoms with van der Waals surface area (Å²) in [7, 11) is -3.70. The minimum absolute atomic E-state index is 0.0847. The summed E-state index contributed by atoms with van der Waals surface area (Å²) in [4.78, 5) is 9.89. The molecule has 0 bridgehead atoms. The van der Waals surface area contributed by atoms with Crippen LogP contribution in [0.15, 0.2) is 23.1 Å². The zero-order valence-electron chi connectivity index (χ0n) is 9.96. The fourth-order valence-corrected chi connectivity index (χ4v) is 3.17. The summed E-state index contributed by atoms with van der Waals surface area (Å²) in [6, 6.07) is 3.47.